The number of hydrazine groups is 1. The van der Waals surface area contributed by atoms with E-state index in [0.29, 0.717) is 5.82 Å². The van der Waals surface area contributed by atoms with Gasteiger partial charge in [0.25, 0.3) is 0 Å². The van der Waals surface area contributed by atoms with E-state index >= 15 is 0 Å². The zero-order valence-corrected chi connectivity index (χ0v) is 10.5. The zero-order valence-electron chi connectivity index (χ0n) is 10.5. The lowest BCUT2D eigenvalue weighted by Crippen LogP contribution is -2.16. The van der Waals surface area contributed by atoms with Gasteiger partial charge in [0.15, 0.2) is 5.82 Å². The monoisotopic (exact) mass is 236 g/mol. The molecule has 0 saturated carbocycles. The first-order chi connectivity index (χ1) is 8.26. The van der Waals surface area contributed by atoms with Gasteiger partial charge in [-0.1, -0.05) is 6.42 Å². The maximum atomic E-state index is 5.55. The minimum atomic E-state index is -0.101. The summed E-state index contributed by atoms with van der Waals surface area (Å²) in [5, 5.41) is 0. The fourth-order valence-electron chi connectivity index (χ4n) is 2.20. The first-order valence-electron chi connectivity index (χ1n) is 6.15. The Labute approximate surface area is 102 Å². The number of nitrogen functional groups attached to an aromatic ring is 1. The molecule has 0 amide bonds. The lowest BCUT2D eigenvalue weighted by molar-refractivity contribution is 0.112. The molecular formula is C12H20N4O. The summed E-state index contributed by atoms with van der Waals surface area (Å²) in [7, 11) is 1.66. The lowest BCUT2D eigenvalue weighted by atomic mass is 10.1. The van der Waals surface area contributed by atoms with Crippen molar-refractivity contribution >= 4 is 5.82 Å². The van der Waals surface area contributed by atoms with E-state index in [9.17, 15) is 0 Å². The number of methoxy groups -OCH3 is 1. The van der Waals surface area contributed by atoms with E-state index in [1.54, 1.807) is 7.11 Å². The fraction of sp³-hybridized carbons (Fsp3) is 0.667. The van der Waals surface area contributed by atoms with Crippen molar-refractivity contribution in [1.82, 2.24) is 9.97 Å². The van der Waals surface area contributed by atoms with Crippen LogP contribution in [0.25, 0.3) is 0 Å². The quantitative estimate of drug-likeness (QED) is 0.475. The summed E-state index contributed by atoms with van der Waals surface area (Å²) in [6.07, 6.45) is 5.54. The molecule has 1 unspecified atom stereocenters. The molecule has 1 heterocycles. The van der Waals surface area contributed by atoms with Gasteiger partial charge in [0, 0.05) is 18.4 Å². The number of fused-ring (bicyclic) bond motifs is 1. The summed E-state index contributed by atoms with van der Waals surface area (Å²) >= 11 is 0. The predicted octanol–water partition coefficient (Wildman–Crippen LogP) is 1.74. The minimum absolute atomic E-state index is 0.101. The highest BCUT2D eigenvalue weighted by atomic mass is 16.5. The van der Waals surface area contributed by atoms with E-state index in [0.717, 1.165) is 24.4 Å². The molecule has 1 aromatic rings. The van der Waals surface area contributed by atoms with Gasteiger partial charge < -0.3 is 10.2 Å². The zero-order chi connectivity index (χ0) is 12.3. The number of ether oxygens (including phenoxy) is 1. The number of aryl methyl sites for hydroxylation is 1. The number of nitrogens with two attached hydrogens (primary N) is 1. The van der Waals surface area contributed by atoms with Crippen LogP contribution in [0.5, 0.6) is 0 Å². The molecule has 1 aliphatic rings. The average Bonchev–Trinajstić information content (AvgIpc) is 2.61. The summed E-state index contributed by atoms with van der Waals surface area (Å²) in [6.45, 7) is 1.94. The standard InChI is InChI=1S/C12H20N4O/c1-8(17-2)11-14-10-7-5-3-4-6-9(10)12(15-11)16-13/h8H,3-7,13H2,1-2H3,(H,14,15,16). The smallest absolute Gasteiger partial charge is 0.159 e. The van der Waals surface area contributed by atoms with E-state index < -0.39 is 0 Å². The van der Waals surface area contributed by atoms with Crippen molar-refractivity contribution < 1.29 is 4.74 Å². The molecular weight excluding hydrogens is 216 g/mol. The van der Waals surface area contributed by atoms with Crippen LogP contribution < -0.4 is 11.3 Å². The van der Waals surface area contributed by atoms with Crippen LogP contribution >= 0.6 is 0 Å². The second kappa shape index (κ2) is 5.42. The Kier molecular flexibility index (Phi) is 3.91. The van der Waals surface area contributed by atoms with Gasteiger partial charge in [0.05, 0.1) is 0 Å². The molecule has 1 atom stereocenters. The van der Waals surface area contributed by atoms with Crippen LogP contribution in [-0.4, -0.2) is 17.1 Å². The molecule has 0 spiro atoms. The van der Waals surface area contributed by atoms with Crippen molar-refractivity contribution in [2.24, 2.45) is 5.84 Å². The highest BCUT2D eigenvalue weighted by molar-refractivity contribution is 5.46. The third kappa shape index (κ3) is 2.56. The Morgan fingerprint density at radius 1 is 1.24 bits per heavy atom. The number of hydrogen-bond donors (Lipinski definition) is 2. The minimum Gasteiger partial charge on any atom is -0.374 e. The molecule has 2 rings (SSSR count). The first kappa shape index (κ1) is 12.3. The molecule has 1 aromatic heterocycles. The average molecular weight is 236 g/mol. The number of nitrogens with one attached hydrogen (secondary N) is 1. The predicted molar refractivity (Wildman–Crippen MR) is 66.5 cm³/mol. The van der Waals surface area contributed by atoms with Crippen LogP contribution in [0.3, 0.4) is 0 Å². The Hall–Kier alpha value is -1.20. The second-order valence-electron chi connectivity index (χ2n) is 4.44. The molecule has 0 radical (unpaired) electrons. The van der Waals surface area contributed by atoms with Crippen molar-refractivity contribution in [3.05, 3.63) is 17.1 Å². The summed E-state index contributed by atoms with van der Waals surface area (Å²) in [4.78, 5) is 9.07. The Bertz CT molecular complexity index is 394. The van der Waals surface area contributed by atoms with Crippen LogP contribution in [0.1, 0.15) is 49.4 Å². The largest absolute Gasteiger partial charge is 0.374 e. The first-order valence-corrected chi connectivity index (χ1v) is 6.15. The van der Waals surface area contributed by atoms with Gasteiger partial charge in [-0.25, -0.2) is 15.8 Å². The third-order valence-electron chi connectivity index (χ3n) is 3.30. The molecule has 1 aliphatic carbocycles. The molecule has 0 bridgehead atoms. The normalized spacial score (nSPS) is 17.1. The van der Waals surface area contributed by atoms with Gasteiger partial charge in [-0.2, -0.15) is 0 Å². The molecule has 5 nitrogen and oxygen atoms in total. The maximum Gasteiger partial charge on any atom is 0.159 e. The molecule has 0 fully saturated rings. The van der Waals surface area contributed by atoms with Gasteiger partial charge in [0.1, 0.15) is 11.9 Å². The van der Waals surface area contributed by atoms with E-state index in [2.05, 4.69) is 15.4 Å². The second-order valence-corrected chi connectivity index (χ2v) is 4.44. The Morgan fingerprint density at radius 3 is 2.71 bits per heavy atom. The number of hydrogen-bond acceptors (Lipinski definition) is 5. The van der Waals surface area contributed by atoms with Crippen LogP contribution in [0.15, 0.2) is 0 Å². The van der Waals surface area contributed by atoms with Gasteiger partial charge >= 0.3 is 0 Å². The van der Waals surface area contributed by atoms with E-state index in [1.165, 1.54) is 24.8 Å². The topological polar surface area (TPSA) is 73.1 Å². The van der Waals surface area contributed by atoms with Crippen molar-refractivity contribution in [2.75, 3.05) is 12.5 Å². The van der Waals surface area contributed by atoms with E-state index in [1.807, 2.05) is 6.92 Å². The molecule has 0 aliphatic heterocycles. The summed E-state index contributed by atoms with van der Waals surface area (Å²) in [6, 6.07) is 0. The fourth-order valence-corrected chi connectivity index (χ4v) is 2.20. The van der Waals surface area contributed by atoms with Crippen LogP contribution in [0.2, 0.25) is 0 Å². The third-order valence-corrected chi connectivity index (χ3v) is 3.30. The lowest BCUT2D eigenvalue weighted by Gasteiger charge is -2.15. The van der Waals surface area contributed by atoms with Crippen molar-refractivity contribution in [3.8, 4) is 0 Å². The van der Waals surface area contributed by atoms with Crippen LogP contribution in [-0.2, 0) is 17.6 Å². The summed E-state index contributed by atoms with van der Waals surface area (Å²) in [5.41, 5.74) is 5.00. The number of nitrogens with zero attached hydrogens (tertiary/aromatic N) is 2. The maximum absolute atomic E-state index is 5.55. The van der Waals surface area contributed by atoms with Crippen molar-refractivity contribution in [1.29, 1.82) is 0 Å². The van der Waals surface area contributed by atoms with Gasteiger partial charge in [-0.15, -0.1) is 0 Å². The molecule has 5 heteroatoms. The van der Waals surface area contributed by atoms with E-state index in [4.69, 9.17) is 10.6 Å². The summed E-state index contributed by atoms with van der Waals surface area (Å²) in [5.74, 6) is 7.02. The number of anilines is 1. The van der Waals surface area contributed by atoms with Crippen molar-refractivity contribution in [2.45, 2.75) is 45.1 Å². The van der Waals surface area contributed by atoms with Gasteiger partial charge in [-0.3, -0.25) is 0 Å². The van der Waals surface area contributed by atoms with Crippen molar-refractivity contribution in [3.63, 3.8) is 0 Å². The van der Waals surface area contributed by atoms with Crippen LogP contribution in [0.4, 0.5) is 5.82 Å². The highest BCUT2D eigenvalue weighted by Gasteiger charge is 2.18. The van der Waals surface area contributed by atoms with Gasteiger partial charge in [-0.05, 0) is 32.6 Å². The molecule has 0 aromatic carbocycles. The van der Waals surface area contributed by atoms with Gasteiger partial charge in [0.2, 0.25) is 0 Å². The molecule has 94 valence electrons. The molecule has 0 saturated heterocycles. The molecule has 17 heavy (non-hydrogen) atoms. The van der Waals surface area contributed by atoms with E-state index in [-0.39, 0.29) is 6.10 Å². The highest BCUT2D eigenvalue weighted by Crippen LogP contribution is 2.26. The van der Waals surface area contributed by atoms with Crippen LogP contribution in [0, 0.1) is 0 Å². The Balaban J connectivity index is 2.43. The Morgan fingerprint density at radius 2 is 2.00 bits per heavy atom. The number of rotatable bonds is 3. The SMILES string of the molecule is COC(C)c1nc2c(c(NN)n1)CCCCC2. The summed E-state index contributed by atoms with van der Waals surface area (Å²) < 4.78 is 5.26. The molecule has 3 N–H and O–H groups in total. The number of aromatic nitrogens is 2.